The zero-order valence-corrected chi connectivity index (χ0v) is 6.93. The Labute approximate surface area is 70.1 Å². The Kier molecular flexibility index (Phi) is 2.68. The van der Waals surface area contributed by atoms with Gasteiger partial charge in [0.15, 0.2) is 0 Å². The van der Waals surface area contributed by atoms with E-state index in [1.165, 1.54) is 6.20 Å². The molecule has 0 unspecified atom stereocenters. The van der Waals surface area contributed by atoms with E-state index in [1.807, 2.05) is 0 Å². The number of halogens is 1. The van der Waals surface area contributed by atoms with E-state index in [2.05, 4.69) is 4.98 Å². The molecule has 2 N–H and O–H groups in total. The summed E-state index contributed by atoms with van der Waals surface area (Å²) in [5.74, 6) is 0.537. The predicted molar refractivity (Wildman–Crippen MR) is 43.7 cm³/mol. The highest BCUT2D eigenvalue weighted by atomic mass is 35.5. The van der Waals surface area contributed by atoms with Crippen molar-refractivity contribution in [3.63, 3.8) is 0 Å². The Hall–Kier alpha value is -0.800. The highest BCUT2D eigenvalue weighted by Crippen LogP contribution is 2.17. The van der Waals surface area contributed by atoms with Crippen molar-refractivity contribution in [1.29, 1.82) is 0 Å². The van der Waals surface area contributed by atoms with Crippen LogP contribution in [0, 0.1) is 0 Å². The van der Waals surface area contributed by atoms with Crippen LogP contribution in [-0.4, -0.2) is 12.1 Å². The molecule has 0 radical (unpaired) electrons. The number of aromatic nitrogens is 1. The summed E-state index contributed by atoms with van der Waals surface area (Å²) in [7, 11) is 1.55. The lowest BCUT2D eigenvalue weighted by molar-refractivity contribution is 0.397. The fourth-order valence-corrected chi connectivity index (χ4v) is 0.907. The molecular weight excluding hydrogens is 164 g/mol. The first-order valence-corrected chi connectivity index (χ1v) is 3.54. The predicted octanol–water partition coefficient (Wildman–Crippen LogP) is 1.20. The number of ether oxygens (including phenoxy) is 1. The first-order valence-electron chi connectivity index (χ1n) is 3.16. The smallest absolute Gasteiger partial charge is 0.213 e. The van der Waals surface area contributed by atoms with Crippen molar-refractivity contribution in [2.24, 2.45) is 5.73 Å². The second kappa shape index (κ2) is 3.55. The van der Waals surface area contributed by atoms with Crippen LogP contribution in [0.25, 0.3) is 0 Å². The van der Waals surface area contributed by atoms with Crippen LogP contribution >= 0.6 is 11.6 Å². The lowest BCUT2D eigenvalue weighted by Crippen LogP contribution is -1.98. The fourth-order valence-electron chi connectivity index (χ4n) is 0.727. The van der Waals surface area contributed by atoms with Gasteiger partial charge in [0.2, 0.25) is 5.88 Å². The number of hydrogen-bond donors (Lipinski definition) is 1. The normalized spacial score (nSPS) is 9.73. The highest BCUT2D eigenvalue weighted by Gasteiger charge is 2.00. The molecule has 0 spiro atoms. The molecule has 60 valence electrons. The average molecular weight is 173 g/mol. The van der Waals surface area contributed by atoms with Gasteiger partial charge in [-0.25, -0.2) is 4.98 Å². The summed E-state index contributed by atoms with van der Waals surface area (Å²) in [5.41, 5.74) is 6.25. The van der Waals surface area contributed by atoms with Crippen LogP contribution in [0.3, 0.4) is 0 Å². The third kappa shape index (κ3) is 1.82. The molecule has 1 rings (SSSR count). The van der Waals surface area contributed by atoms with E-state index in [0.717, 1.165) is 5.56 Å². The molecule has 1 heterocycles. The van der Waals surface area contributed by atoms with E-state index in [1.54, 1.807) is 13.2 Å². The van der Waals surface area contributed by atoms with Crippen molar-refractivity contribution in [2.45, 2.75) is 6.54 Å². The maximum Gasteiger partial charge on any atom is 0.213 e. The molecule has 0 aliphatic rings. The molecule has 0 fully saturated rings. The molecular formula is C7H9ClN2O. The number of methoxy groups -OCH3 is 1. The summed E-state index contributed by atoms with van der Waals surface area (Å²) in [6, 6.07) is 1.72. The SMILES string of the molecule is COc1cc(CN)c(Cl)cn1. The number of pyridine rings is 1. The van der Waals surface area contributed by atoms with E-state index in [0.29, 0.717) is 17.4 Å². The Morgan fingerprint density at radius 2 is 2.45 bits per heavy atom. The lowest BCUT2D eigenvalue weighted by atomic mass is 10.3. The van der Waals surface area contributed by atoms with Crippen LogP contribution in [0.5, 0.6) is 5.88 Å². The van der Waals surface area contributed by atoms with Crippen molar-refractivity contribution in [1.82, 2.24) is 4.98 Å². The van der Waals surface area contributed by atoms with Gasteiger partial charge in [0.1, 0.15) is 0 Å². The summed E-state index contributed by atoms with van der Waals surface area (Å²) in [5, 5.41) is 0.577. The van der Waals surface area contributed by atoms with Gasteiger partial charge in [0, 0.05) is 18.8 Å². The van der Waals surface area contributed by atoms with Crippen molar-refractivity contribution < 1.29 is 4.74 Å². The zero-order chi connectivity index (χ0) is 8.27. The van der Waals surface area contributed by atoms with E-state index in [9.17, 15) is 0 Å². The van der Waals surface area contributed by atoms with Crippen LogP contribution < -0.4 is 10.5 Å². The van der Waals surface area contributed by atoms with E-state index in [-0.39, 0.29) is 0 Å². The Morgan fingerprint density at radius 3 is 3.00 bits per heavy atom. The minimum atomic E-state index is 0.401. The molecule has 0 aliphatic heterocycles. The Bertz CT molecular complexity index is 252. The average Bonchev–Trinajstić information content (AvgIpc) is 2.05. The number of nitrogens with two attached hydrogens (primary N) is 1. The van der Waals surface area contributed by atoms with Crippen molar-refractivity contribution in [3.05, 3.63) is 22.8 Å². The van der Waals surface area contributed by atoms with E-state index >= 15 is 0 Å². The molecule has 11 heavy (non-hydrogen) atoms. The van der Waals surface area contributed by atoms with Gasteiger partial charge in [-0.3, -0.25) is 0 Å². The van der Waals surface area contributed by atoms with E-state index < -0.39 is 0 Å². The van der Waals surface area contributed by atoms with Crippen LogP contribution in [0.4, 0.5) is 0 Å². The molecule has 4 heteroatoms. The second-order valence-electron chi connectivity index (χ2n) is 2.02. The van der Waals surface area contributed by atoms with Gasteiger partial charge in [-0.15, -0.1) is 0 Å². The third-order valence-corrected chi connectivity index (χ3v) is 1.68. The first kappa shape index (κ1) is 8.30. The minimum absolute atomic E-state index is 0.401. The molecule has 1 aromatic rings. The monoisotopic (exact) mass is 172 g/mol. The number of rotatable bonds is 2. The quantitative estimate of drug-likeness (QED) is 0.730. The molecule has 0 amide bonds. The molecule has 0 aliphatic carbocycles. The van der Waals surface area contributed by atoms with Gasteiger partial charge in [-0.05, 0) is 5.56 Å². The Morgan fingerprint density at radius 1 is 1.73 bits per heavy atom. The summed E-state index contributed by atoms with van der Waals surface area (Å²) in [6.45, 7) is 0.401. The van der Waals surface area contributed by atoms with Crippen LogP contribution in [0.15, 0.2) is 12.3 Å². The highest BCUT2D eigenvalue weighted by molar-refractivity contribution is 6.31. The summed E-state index contributed by atoms with van der Waals surface area (Å²) in [4.78, 5) is 3.90. The molecule has 0 saturated carbocycles. The molecule has 0 bridgehead atoms. The molecule has 1 aromatic heterocycles. The summed E-state index contributed by atoms with van der Waals surface area (Å²) < 4.78 is 4.89. The topological polar surface area (TPSA) is 48.1 Å². The molecule has 3 nitrogen and oxygen atoms in total. The van der Waals surface area contributed by atoms with Crippen molar-refractivity contribution in [3.8, 4) is 5.88 Å². The molecule has 0 atom stereocenters. The van der Waals surface area contributed by atoms with Crippen molar-refractivity contribution >= 4 is 11.6 Å². The van der Waals surface area contributed by atoms with Gasteiger partial charge in [-0.1, -0.05) is 11.6 Å². The lowest BCUT2D eigenvalue weighted by Gasteiger charge is -2.02. The van der Waals surface area contributed by atoms with Gasteiger partial charge < -0.3 is 10.5 Å². The van der Waals surface area contributed by atoms with Crippen LogP contribution in [0.2, 0.25) is 5.02 Å². The Balaban J connectivity index is 3.02. The molecule has 0 saturated heterocycles. The standard InChI is InChI=1S/C7H9ClN2O/c1-11-7-2-5(3-9)6(8)4-10-7/h2,4H,3,9H2,1H3. The van der Waals surface area contributed by atoms with E-state index in [4.69, 9.17) is 22.1 Å². The van der Waals surface area contributed by atoms with Gasteiger partial charge >= 0.3 is 0 Å². The van der Waals surface area contributed by atoms with Gasteiger partial charge in [-0.2, -0.15) is 0 Å². The maximum atomic E-state index is 5.76. The van der Waals surface area contributed by atoms with Crippen LogP contribution in [-0.2, 0) is 6.54 Å². The summed E-state index contributed by atoms with van der Waals surface area (Å²) in [6.07, 6.45) is 1.53. The fraction of sp³-hybridized carbons (Fsp3) is 0.286. The number of hydrogen-bond acceptors (Lipinski definition) is 3. The first-order chi connectivity index (χ1) is 5.27. The minimum Gasteiger partial charge on any atom is -0.481 e. The summed E-state index contributed by atoms with van der Waals surface area (Å²) >= 11 is 5.76. The zero-order valence-electron chi connectivity index (χ0n) is 6.17. The molecule has 0 aromatic carbocycles. The van der Waals surface area contributed by atoms with Crippen LogP contribution in [0.1, 0.15) is 5.56 Å². The maximum absolute atomic E-state index is 5.76. The van der Waals surface area contributed by atoms with Gasteiger partial charge in [0.05, 0.1) is 12.1 Å². The second-order valence-corrected chi connectivity index (χ2v) is 2.43. The van der Waals surface area contributed by atoms with Crippen molar-refractivity contribution in [2.75, 3.05) is 7.11 Å². The van der Waals surface area contributed by atoms with Gasteiger partial charge in [0.25, 0.3) is 0 Å². The number of nitrogens with zero attached hydrogens (tertiary/aromatic N) is 1. The largest absolute Gasteiger partial charge is 0.481 e. The third-order valence-electron chi connectivity index (χ3n) is 1.34.